The van der Waals surface area contributed by atoms with Crippen molar-refractivity contribution in [1.82, 2.24) is 20.3 Å². The molecule has 0 aromatic carbocycles. The summed E-state index contributed by atoms with van der Waals surface area (Å²) in [6.45, 7) is 5.02. The molecule has 1 fully saturated rings. The van der Waals surface area contributed by atoms with E-state index in [-0.39, 0.29) is 0 Å². The molecule has 2 rings (SSSR count). The van der Waals surface area contributed by atoms with Crippen LogP contribution in [-0.4, -0.2) is 28.1 Å². The topological polar surface area (TPSA) is 68.8 Å². The van der Waals surface area contributed by atoms with E-state index in [4.69, 9.17) is 5.73 Å². The molecule has 3 N–H and O–H groups in total. The fraction of sp³-hybridized carbons (Fsp3) is 0.875. The maximum Gasteiger partial charge on any atom is 0.0964 e. The lowest BCUT2D eigenvalue weighted by molar-refractivity contribution is 0.355. The summed E-state index contributed by atoms with van der Waals surface area (Å²) in [4.78, 5) is 0. The van der Waals surface area contributed by atoms with Crippen LogP contribution in [0, 0.1) is 5.92 Å². The molecule has 0 aliphatic heterocycles. The van der Waals surface area contributed by atoms with E-state index in [1.807, 2.05) is 0 Å². The quantitative estimate of drug-likeness (QED) is 0.571. The molecule has 1 saturated carbocycles. The summed E-state index contributed by atoms with van der Waals surface area (Å²) in [5, 5.41) is 12.1. The molecule has 1 aliphatic rings. The Balaban J connectivity index is 1.73. The van der Waals surface area contributed by atoms with E-state index in [1.54, 1.807) is 0 Å². The van der Waals surface area contributed by atoms with Crippen molar-refractivity contribution < 1.29 is 0 Å². The molecular formula is C16H31N5. The molecule has 1 aromatic rings. The number of unbranched alkanes of at least 4 members (excludes halogenated alkanes) is 2. The van der Waals surface area contributed by atoms with Gasteiger partial charge in [0.2, 0.25) is 0 Å². The molecule has 0 amide bonds. The number of nitrogens with zero attached hydrogens (tertiary/aromatic N) is 3. The van der Waals surface area contributed by atoms with Crippen molar-refractivity contribution in [2.75, 3.05) is 13.1 Å². The Morgan fingerprint density at radius 2 is 2.14 bits per heavy atom. The molecule has 0 spiro atoms. The number of rotatable bonds is 8. The minimum atomic E-state index is 0.549. The summed E-state index contributed by atoms with van der Waals surface area (Å²) in [5.41, 5.74) is 6.55. The average molecular weight is 293 g/mol. The van der Waals surface area contributed by atoms with Gasteiger partial charge >= 0.3 is 0 Å². The van der Waals surface area contributed by atoms with Gasteiger partial charge in [-0.2, -0.15) is 0 Å². The van der Waals surface area contributed by atoms with Crippen molar-refractivity contribution in [3.8, 4) is 0 Å². The fourth-order valence-electron chi connectivity index (χ4n) is 3.17. The summed E-state index contributed by atoms with van der Waals surface area (Å²) < 4.78 is 2.10. The van der Waals surface area contributed by atoms with Crippen LogP contribution in [0.3, 0.4) is 0 Å². The minimum Gasteiger partial charge on any atom is -0.330 e. The molecule has 2 unspecified atom stereocenters. The van der Waals surface area contributed by atoms with Gasteiger partial charge in [0.1, 0.15) is 0 Å². The van der Waals surface area contributed by atoms with Crippen molar-refractivity contribution in [1.29, 1.82) is 0 Å². The van der Waals surface area contributed by atoms with Gasteiger partial charge in [0.15, 0.2) is 0 Å². The number of hydrogen-bond donors (Lipinski definition) is 2. The lowest BCUT2D eigenvalue weighted by atomic mass is 10.0. The highest BCUT2D eigenvalue weighted by molar-refractivity contribution is 4.93. The standard InChI is InChI=1S/C16H31N5/c1-14-7-3-4-8-16(11-14)21-13-15(19-20-21)12-18-10-6-2-5-9-17/h13-14,16,18H,2-12,17H2,1H3. The van der Waals surface area contributed by atoms with Crippen LogP contribution in [-0.2, 0) is 6.54 Å². The van der Waals surface area contributed by atoms with Gasteiger partial charge in [-0.3, -0.25) is 0 Å². The summed E-state index contributed by atoms with van der Waals surface area (Å²) in [7, 11) is 0. The zero-order valence-electron chi connectivity index (χ0n) is 13.4. The second-order valence-corrected chi connectivity index (χ2v) is 6.50. The van der Waals surface area contributed by atoms with Crippen molar-refractivity contribution >= 4 is 0 Å². The Hall–Kier alpha value is -0.940. The van der Waals surface area contributed by atoms with Crippen molar-refractivity contribution in [3.63, 3.8) is 0 Å². The fourth-order valence-corrected chi connectivity index (χ4v) is 3.17. The predicted molar refractivity (Wildman–Crippen MR) is 85.9 cm³/mol. The van der Waals surface area contributed by atoms with E-state index in [1.165, 1.54) is 44.9 Å². The second-order valence-electron chi connectivity index (χ2n) is 6.50. The highest BCUT2D eigenvalue weighted by Gasteiger charge is 2.19. The van der Waals surface area contributed by atoms with E-state index in [0.29, 0.717) is 6.04 Å². The molecule has 1 aliphatic carbocycles. The van der Waals surface area contributed by atoms with Crippen LogP contribution >= 0.6 is 0 Å². The molecule has 0 bridgehead atoms. The van der Waals surface area contributed by atoms with Gasteiger partial charge in [0.25, 0.3) is 0 Å². The number of nitrogens with one attached hydrogen (secondary N) is 1. The van der Waals surface area contributed by atoms with Gasteiger partial charge in [0.05, 0.1) is 17.9 Å². The molecule has 1 aromatic heterocycles. The van der Waals surface area contributed by atoms with Crippen LogP contribution in [0.2, 0.25) is 0 Å². The monoisotopic (exact) mass is 293 g/mol. The average Bonchev–Trinajstić information content (AvgIpc) is 2.84. The second kappa shape index (κ2) is 9.15. The molecule has 1 heterocycles. The van der Waals surface area contributed by atoms with Gasteiger partial charge < -0.3 is 11.1 Å². The summed E-state index contributed by atoms with van der Waals surface area (Å²) in [6.07, 6.45) is 12.2. The third kappa shape index (κ3) is 5.75. The van der Waals surface area contributed by atoms with Gasteiger partial charge in [-0.05, 0) is 44.7 Å². The van der Waals surface area contributed by atoms with Crippen LogP contribution in [0.15, 0.2) is 6.20 Å². The molecular weight excluding hydrogens is 262 g/mol. The number of nitrogens with two attached hydrogens (primary N) is 1. The van der Waals surface area contributed by atoms with Crippen LogP contribution in [0.4, 0.5) is 0 Å². The van der Waals surface area contributed by atoms with E-state index in [9.17, 15) is 0 Å². The Kier molecular flexibility index (Phi) is 7.16. The number of hydrogen-bond acceptors (Lipinski definition) is 4. The number of aromatic nitrogens is 3. The lowest BCUT2D eigenvalue weighted by Crippen LogP contribution is -2.15. The zero-order valence-corrected chi connectivity index (χ0v) is 13.4. The lowest BCUT2D eigenvalue weighted by Gasteiger charge is -2.16. The molecule has 5 nitrogen and oxygen atoms in total. The minimum absolute atomic E-state index is 0.549. The summed E-state index contributed by atoms with van der Waals surface area (Å²) >= 11 is 0. The van der Waals surface area contributed by atoms with E-state index in [2.05, 4.69) is 33.4 Å². The van der Waals surface area contributed by atoms with Crippen LogP contribution in [0.1, 0.15) is 70.0 Å². The van der Waals surface area contributed by atoms with Crippen LogP contribution < -0.4 is 11.1 Å². The Morgan fingerprint density at radius 1 is 1.29 bits per heavy atom. The molecule has 21 heavy (non-hydrogen) atoms. The largest absolute Gasteiger partial charge is 0.330 e. The predicted octanol–water partition coefficient (Wildman–Crippen LogP) is 2.64. The third-order valence-corrected chi connectivity index (χ3v) is 4.45. The van der Waals surface area contributed by atoms with E-state index < -0.39 is 0 Å². The maximum atomic E-state index is 5.49. The smallest absolute Gasteiger partial charge is 0.0964 e. The normalized spacial score (nSPS) is 23.1. The third-order valence-electron chi connectivity index (χ3n) is 4.45. The first-order valence-electron chi connectivity index (χ1n) is 8.61. The maximum absolute atomic E-state index is 5.49. The Labute approximate surface area is 128 Å². The first-order chi connectivity index (χ1) is 10.3. The molecule has 120 valence electrons. The van der Waals surface area contributed by atoms with Crippen molar-refractivity contribution in [2.24, 2.45) is 11.7 Å². The Morgan fingerprint density at radius 3 is 3.00 bits per heavy atom. The Bertz CT molecular complexity index is 390. The SMILES string of the molecule is CC1CCCCC(n2cc(CNCCCCCN)nn2)C1. The first-order valence-corrected chi connectivity index (χ1v) is 8.61. The molecule has 2 atom stereocenters. The van der Waals surface area contributed by atoms with Gasteiger partial charge in [-0.25, -0.2) is 4.68 Å². The van der Waals surface area contributed by atoms with E-state index >= 15 is 0 Å². The first kappa shape index (κ1) is 16.4. The van der Waals surface area contributed by atoms with Gasteiger partial charge in [-0.15, -0.1) is 5.10 Å². The van der Waals surface area contributed by atoms with Crippen molar-refractivity contribution in [2.45, 2.75) is 70.9 Å². The zero-order chi connectivity index (χ0) is 14.9. The van der Waals surface area contributed by atoms with Gasteiger partial charge in [0, 0.05) is 6.54 Å². The van der Waals surface area contributed by atoms with E-state index in [0.717, 1.165) is 37.7 Å². The summed E-state index contributed by atoms with van der Waals surface area (Å²) in [6, 6.07) is 0.549. The van der Waals surface area contributed by atoms with Crippen molar-refractivity contribution in [3.05, 3.63) is 11.9 Å². The molecule has 5 heteroatoms. The molecule has 0 radical (unpaired) electrons. The van der Waals surface area contributed by atoms with Gasteiger partial charge in [-0.1, -0.05) is 37.8 Å². The molecule has 0 saturated heterocycles. The summed E-state index contributed by atoms with van der Waals surface area (Å²) in [5.74, 6) is 0.811. The highest BCUT2D eigenvalue weighted by atomic mass is 15.4. The van der Waals surface area contributed by atoms with Crippen LogP contribution in [0.25, 0.3) is 0 Å². The highest BCUT2D eigenvalue weighted by Crippen LogP contribution is 2.30. The van der Waals surface area contributed by atoms with Crippen LogP contribution in [0.5, 0.6) is 0 Å².